The molecule has 1 heterocycles. The minimum atomic E-state index is 0.713. The van der Waals surface area contributed by atoms with E-state index in [0.29, 0.717) is 6.04 Å². The predicted octanol–water partition coefficient (Wildman–Crippen LogP) is 2.06. The van der Waals surface area contributed by atoms with Gasteiger partial charge in [0.25, 0.3) is 0 Å². The van der Waals surface area contributed by atoms with E-state index in [1.165, 1.54) is 25.3 Å². The molecule has 90 valence electrons. The van der Waals surface area contributed by atoms with E-state index in [1.807, 2.05) is 0 Å². The number of nitrogens with one attached hydrogen (secondary N) is 1. The van der Waals surface area contributed by atoms with Crippen LogP contribution in [0, 0.1) is 5.92 Å². The van der Waals surface area contributed by atoms with Crippen molar-refractivity contribution in [3.8, 4) is 0 Å². The number of rotatable bonds is 5. The summed E-state index contributed by atoms with van der Waals surface area (Å²) < 4.78 is 0. The Morgan fingerprint density at radius 1 is 1.47 bits per heavy atom. The maximum atomic E-state index is 3.33. The lowest BCUT2D eigenvalue weighted by Crippen LogP contribution is -2.50. The van der Waals surface area contributed by atoms with Gasteiger partial charge in [-0.15, -0.1) is 0 Å². The molecule has 1 rings (SSSR count). The summed E-state index contributed by atoms with van der Waals surface area (Å²) >= 11 is 2.15. The molecule has 2 atom stereocenters. The Morgan fingerprint density at radius 2 is 2.20 bits per heavy atom. The second-order valence-electron chi connectivity index (χ2n) is 4.77. The fourth-order valence-corrected chi connectivity index (χ4v) is 3.49. The lowest BCUT2D eigenvalue weighted by atomic mass is 10.0. The number of thioether (sulfide) groups is 1. The molecule has 1 aliphatic rings. The van der Waals surface area contributed by atoms with Gasteiger partial charge in [0.1, 0.15) is 0 Å². The molecule has 0 radical (unpaired) electrons. The fraction of sp³-hybridized carbons (Fsp3) is 1.00. The van der Waals surface area contributed by atoms with Crippen LogP contribution in [0.3, 0.4) is 0 Å². The molecule has 0 aromatic rings. The van der Waals surface area contributed by atoms with Gasteiger partial charge in [-0.1, -0.05) is 20.8 Å². The number of hydrogen-bond donors (Lipinski definition) is 1. The smallest absolute Gasteiger partial charge is 0.0244 e. The second-order valence-corrected chi connectivity index (χ2v) is 6.17. The minimum absolute atomic E-state index is 0.713. The summed E-state index contributed by atoms with van der Waals surface area (Å²) in [6, 6.07) is 0.713. The SMILES string of the molecule is CCC1CN(C(CNC)C(C)C)CCS1. The van der Waals surface area contributed by atoms with Gasteiger partial charge >= 0.3 is 0 Å². The third kappa shape index (κ3) is 3.97. The topological polar surface area (TPSA) is 15.3 Å². The summed E-state index contributed by atoms with van der Waals surface area (Å²) in [6.07, 6.45) is 1.31. The maximum Gasteiger partial charge on any atom is 0.0244 e. The summed E-state index contributed by atoms with van der Waals surface area (Å²) in [5.41, 5.74) is 0. The standard InChI is InChI=1S/C12H26N2S/c1-5-11-9-14(6-7-15-11)12(8-13-4)10(2)3/h10-13H,5-9H2,1-4H3. The zero-order valence-electron chi connectivity index (χ0n) is 10.6. The zero-order valence-corrected chi connectivity index (χ0v) is 11.4. The third-order valence-electron chi connectivity index (χ3n) is 3.28. The average Bonchev–Trinajstić information content (AvgIpc) is 2.25. The van der Waals surface area contributed by atoms with Crippen LogP contribution in [0.15, 0.2) is 0 Å². The highest BCUT2D eigenvalue weighted by Crippen LogP contribution is 2.24. The first-order valence-corrected chi connectivity index (χ1v) is 7.24. The van der Waals surface area contributed by atoms with Gasteiger partial charge in [-0.3, -0.25) is 4.90 Å². The molecule has 2 nitrogen and oxygen atoms in total. The van der Waals surface area contributed by atoms with Crippen LogP contribution in [-0.2, 0) is 0 Å². The monoisotopic (exact) mass is 230 g/mol. The molecule has 15 heavy (non-hydrogen) atoms. The van der Waals surface area contributed by atoms with Crippen molar-refractivity contribution < 1.29 is 0 Å². The number of nitrogens with zero attached hydrogens (tertiary/aromatic N) is 1. The molecule has 0 spiro atoms. The lowest BCUT2D eigenvalue weighted by molar-refractivity contribution is 0.158. The van der Waals surface area contributed by atoms with Crippen LogP contribution >= 0.6 is 11.8 Å². The van der Waals surface area contributed by atoms with Crippen molar-refractivity contribution in [2.24, 2.45) is 5.92 Å². The van der Waals surface area contributed by atoms with E-state index in [2.05, 4.69) is 49.8 Å². The van der Waals surface area contributed by atoms with E-state index in [-0.39, 0.29) is 0 Å². The number of likely N-dealkylation sites (N-methyl/N-ethyl adjacent to an activating group) is 1. The first-order chi connectivity index (χ1) is 7.19. The summed E-state index contributed by atoms with van der Waals surface area (Å²) in [4.78, 5) is 2.69. The molecule has 0 bridgehead atoms. The molecule has 0 aromatic heterocycles. The Hall–Kier alpha value is 0.270. The molecule has 3 heteroatoms. The molecule has 0 aromatic carbocycles. The molecular weight excluding hydrogens is 204 g/mol. The highest BCUT2D eigenvalue weighted by atomic mass is 32.2. The van der Waals surface area contributed by atoms with Gasteiger partial charge in [0.05, 0.1) is 0 Å². The van der Waals surface area contributed by atoms with E-state index in [1.54, 1.807) is 0 Å². The fourth-order valence-electron chi connectivity index (χ4n) is 2.29. The van der Waals surface area contributed by atoms with Gasteiger partial charge in [-0.25, -0.2) is 0 Å². The Morgan fingerprint density at radius 3 is 2.73 bits per heavy atom. The van der Waals surface area contributed by atoms with Crippen molar-refractivity contribution in [2.45, 2.75) is 38.5 Å². The predicted molar refractivity (Wildman–Crippen MR) is 70.7 cm³/mol. The van der Waals surface area contributed by atoms with Crippen LogP contribution in [0.1, 0.15) is 27.2 Å². The van der Waals surface area contributed by atoms with Gasteiger partial charge in [0, 0.05) is 36.7 Å². The average molecular weight is 230 g/mol. The zero-order chi connectivity index (χ0) is 11.3. The largest absolute Gasteiger partial charge is 0.318 e. The van der Waals surface area contributed by atoms with Crippen LogP contribution in [0.4, 0.5) is 0 Å². The molecule has 1 saturated heterocycles. The maximum absolute atomic E-state index is 3.33. The number of hydrogen-bond acceptors (Lipinski definition) is 3. The Bertz CT molecular complexity index is 173. The lowest BCUT2D eigenvalue weighted by Gasteiger charge is -2.39. The van der Waals surface area contributed by atoms with Gasteiger partial charge in [0.2, 0.25) is 0 Å². The van der Waals surface area contributed by atoms with Gasteiger partial charge in [0.15, 0.2) is 0 Å². The molecule has 0 amide bonds. The first-order valence-electron chi connectivity index (χ1n) is 6.19. The van der Waals surface area contributed by atoms with Crippen molar-refractivity contribution in [3.63, 3.8) is 0 Å². The van der Waals surface area contributed by atoms with Crippen molar-refractivity contribution in [3.05, 3.63) is 0 Å². The van der Waals surface area contributed by atoms with Gasteiger partial charge in [-0.2, -0.15) is 11.8 Å². The molecule has 0 saturated carbocycles. The van der Waals surface area contributed by atoms with Crippen LogP contribution < -0.4 is 5.32 Å². The molecule has 1 fully saturated rings. The van der Waals surface area contributed by atoms with E-state index in [9.17, 15) is 0 Å². The molecule has 0 aliphatic carbocycles. The summed E-state index contributed by atoms with van der Waals surface area (Å²) in [5, 5.41) is 4.19. The summed E-state index contributed by atoms with van der Waals surface area (Å²) in [7, 11) is 2.06. The second kappa shape index (κ2) is 6.77. The molecule has 1 aliphatic heterocycles. The van der Waals surface area contributed by atoms with Crippen molar-refractivity contribution in [2.75, 3.05) is 32.4 Å². The van der Waals surface area contributed by atoms with Gasteiger partial charge in [-0.05, 0) is 19.4 Å². The third-order valence-corrected chi connectivity index (χ3v) is 4.65. The highest BCUT2D eigenvalue weighted by Gasteiger charge is 2.26. The van der Waals surface area contributed by atoms with Crippen LogP contribution in [0.2, 0.25) is 0 Å². The Labute approximate surface area is 99.2 Å². The molecule has 2 unspecified atom stereocenters. The Balaban J connectivity index is 2.50. The van der Waals surface area contributed by atoms with Crippen molar-refractivity contribution in [1.82, 2.24) is 10.2 Å². The van der Waals surface area contributed by atoms with E-state index < -0.39 is 0 Å². The molecular formula is C12H26N2S. The highest BCUT2D eigenvalue weighted by molar-refractivity contribution is 8.00. The van der Waals surface area contributed by atoms with Gasteiger partial charge < -0.3 is 5.32 Å². The summed E-state index contributed by atoms with van der Waals surface area (Å²) in [6.45, 7) is 10.7. The first kappa shape index (κ1) is 13.3. The van der Waals surface area contributed by atoms with E-state index in [4.69, 9.17) is 0 Å². The summed E-state index contributed by atoms with van der Waals surface area (Å²) in [5.74, 6) is 2.06. The van der Waals surface area contributed by atoms with E-state index >= 15 is 0 Å². The van der Waals surface area contributed by atoms with Crippen molar-refractivity contribution >= 4 is 11.8 Å². The van der Waals surface area contributed by atoms with E-state index in [0.717, 1.165) is 17.7 Å². The van der Waals surface area contributed by atoms with Crippen LogP contribution in [0.5, 0.6) is 0 Å². The molecule has 1 N–H and O–H groups in total. The minimum Gasteiger partial charge on any atom is -0.318 e. The van der Waals surface area contributed by atoms with Crippen molar-refractivity contribution in [1.29, 1.82) is 0 Å². The Kier molecular flexibility index (Phi) is 6.02. The normalized spacial score (nSPS) is 25.8. The van der Waals surface area contributed by atoms with Crippen LogP contribution in [0.25, 0.3) is 0 Å². The van der Waals surface area contributed by atoms with Crippen LogP contribution in [-0.4, -0.2) is 48.6 Å². The quantitative estimate of drug-likeness (QED) is 0.778.